The number of hydrogen-bond acceptors (Lipinski definition) is 6. The summed E-state index contributed by atoms with van der Waals surface area (Å²) in [6.45, 7) is 2.39. The molecule has 0 saturated carbocycles. The van der Waals surface area contributed by atoms with E-state index in [0.717, 1.165) is 12.2 Å². The van der Waals surface area contributed by atoms with Gasteiger partial charge in [0.25, 0.3) is 0 Å². The number of amides is 3. The number of nitrogens with one attached hydrogen (secondary N) is 1. The van der Waals surface area contributed by atoms with E-state index in [1.807, 2.05) is 6.92 Å². The van der Waals surface area contributed by atoms with Crippen LogP contribution in [0.25, 0.3) is 0 Å². The molecule has 1 aliphatic heterocycles. The summed E-state index contributed by atoms with van der Waals surface area (Å²) in [5, 5.41) is 10.5. The van der Waals surface area contributed by atoms with Crippen molar-refractivity contribution in [2.45, 2.75) is 23.5 Å². The Hall–Kier alpha value is -3.59. The van der Waals surface area contributed by atoms with E-state index in [1.54, 1.807) is 48.5 Å². The molecule has 1 saturated heterocycles. The first-order chi connectivity index (χ1) is 14.9. The van der Waals surface area contributed by atoms with Crippen molar-refractivity contribution in [3.63, 3.8) is 0 Å². The van der Waals surface area contributed by atoms with E-state index in [9.17, 15) is 19.2 Å². The molecule has 1 fully saturated rings. The molecule has 3 rings (SSSR count). The Balaban J connectivity index is 1.68. The third kappa shape index (κ3) is 5.73. The molecule has 2 N–H and O–H groups in total. The highest BCUT2D eigenvalue weighted by atomic mass is 32.2. The summed E-state index contributed by atoms with van der Waals surface area (Å²) in [6, 6.07) is 13.5. The molecule has 0 bridgehead atoms. The van der Waals surface area contributed by atoms with Crippen molar-refractivity contribution in [1.82, 2.24) is 0 Å². The van der Waals surface area contributed by atoms with Crippen molar-refractivity contribution >= 4 is 46.8 Å². The minimum Gasteiger partial charge on any atom is -0.494 e. The number of carboxylic acids is 1. The predicted octanol–water partition coefficient (Wildman–Crippen LogP) is 3.09. The highest BCUT2D eigenvalue weighted by Gasteiger charge is 2.40. The molecule has 3 amide bonds. The minimum atomic E-state index is -1.22. The summed E-state index contributed by atoms with van der Waals surface area (Å²) in [6.07, 6.45) is 1.72. The van der Waals surface area contributed by atoms with E-state index < -0.39 is 17.1 Å². The Kier molecular flexibility index (Phi) is 7.09. The van der Waals surface area contributed by atoms with Crippen molar-refractivity contribution < 1.29 is 29.0 Å². The Bertz CT molecular complexity index is 1030. The number of rotatable bonds is 8. The molecule has 0 aromatic heterocycles. The minimum absolute atomic E-state index is 0.0641. The van der Waals surface area contributed by atoms with Gasteiger partial charge in [-0.1, -0.05) is 6.07 Å². The lowest BCUT2D eigenvalue weighted by Crippen LogP contribution is -2.31. The molecule has 2 aromatic rings. The molecular weight excluding hydrogens is 420 g/mol. The van der Waals surface area contributed by atoms with Crippen LogP contribution in [0.3, 0.4) is 0 Å². The van der Waals surface area contributed by atoms with Crippen LogP contribution in [0, 0.1) is 0 Å². The molecular formula is C22H20N2O6S. The van der Waals surface area contributed by atoms with Crippen LogP contribution in [0.5, 0.6) is 5.75 Å². The zero-order chi connectivity index (χ0) is 22.4. The van der Waals surface area contributed by atoms with Gasteiger partial charge in [-0.3, -0.25) is 14.4 Å². The second-order valence-corrected chi connectivity index (χ2v) is 7.77. The van der Waals surface area contributed by atoms with Crippen LogP contribution < -0.4 is 15.0 Å². The molecule has 31 heavy (non-hydrogen) atoms. The fourth-order valence-electron chi connectivity index (χ4n) is 2.97. The van der Waals surface area contributed by atoms with E-state index >= 15 is 0 Å². The number of hydrogen-bond donors (Lipinski definition) is 2. The molecule has 1 atom stereocenters. The van der Waals surface area contributed by atoms with Crippen LogP contribution in [0.1, 0.15) is 13.3 Å². The number of carbonyl (C=O) groups excluding carboxylic acids is 3. The van der Waals surface area contributed by atoms with Gasteiger partial charge in [0.1, 0.15) is 5.75 Å². The fourth-order valence-corrected chi connectivity index (χ4v) is 4.08. The smallest absolute Gasteiger partial charge is 0.328 e. The molecule has 0 unspecified atom stereocenters. The SMILES string of the molecule is CCOc1ccc(N2C(=O)C[C@@H](Sc3cccc(NC(=O)/C=C/C(=O)O)c3)C2=O)cc1. The summed E-state index contributed by atoms with van der Waals surface area (Å²) in [5.41, 5.74) is 0.943. The Labute approximate surface area is 182 Å². The Morgan fingerprint density at radius 3 is 2.61 bits per heavy atom. The second-order valence-electron chi connectivity index (χ2n) is 6.49. The van der Waals surface area contributed by atoms with E-state index in [1.165, 1.54) is 16.7 Å². The van der Waals surface area contributed by atoms with Crippen molar-refractivity contribution in [3.8, 4) is 5.75 Å². The van der Waals surface area contributed by atoms with E-state index in [0.29, 0.717) is 28.6 Å². The molecule has 0 radical (unpaired) electrons. The zero-order valence-corrected chi connectivity index (χ0v) is 17.4. The lowest BCUT2D eigenvalue weighted by molar-refractivity contribution is -0.131. The van der Waals surface area contributed by atoms with Crippen molar-refractivity contribution in [2.75, 3.05) is 16.8 Å². The maximum absolute atomic E-state index is 12.9. The van der Waals surface area contributed by atoms with Gasteiger partial charge < -0.3 is 15.2 Å². The van der Waals surface area contributed by atoms with Crippen molar-refractivity contribution in [3.05, 3.63) is 60.7 Å². The van der Waals surface area contributed by atoms with Crippen LogP contribution in [0.2, 0.25) is 0 Å². The molecule has 0 spiro atoms. The number of carbonyl (C=O) groups is 4. The number of ether oxygens (including phenoxy) is 1. The van der Waals surface area contributed by atoms with E-state index in [-0.39, 0.29) is 18.2 Å². The summed E-state index contributed by atoms with van der Waals surface area (Å²) < 4.78 is 5.39. The molecule has 0 aliphatic carbocycles. The highest BCUT2D eigenvalue weighted by Crippen LogP contribution is 2.35. The average molecular weight is 440 g/mol. The number of benzene rings is 2. The molecule has 8 nitrogen and oxygen atoms in total. The molecule has 1 heterocycles. The van der Waals surface area contributed by atoms with Gasteiger partial charge in [-0.05, 0) is 49.4 Å². The molecule has 2 aromatic carbocycles. The summed E-state index contributed by atoms with van der Waals surface area (Å²) in [4.78, 5) is 49.5. The van der Waals surface area contributed by atoms with Gasteiger partial charge in [-0.15, -0.1) is 11.8 Å². The van der Waals surface area contributed by atoms with Gasteiger partial charge in [0.15, 0.2) is 0 Å². The van der Waals surface area contributed by atoms with Crippen molar-refractivity contribution in [1.29, 1.82) is 0 Å². The van der Waals surface area contributed by atoms with Gasteiger partial charge in [-0.25, -0.2) is 9.69 Å². The highest BCUT2D eigenvalue weighted by molar-refractivity contribution is 8.00. The van der Waals surface area contributed by atoms with Crippen LogP contribution in [-0.4, -0.2) is 40.7 Å². The topological polar surface area (TPSA) is 113 Å². The normalized spacial score (nSPS) is 16.0. The predicted molar refractivity (Wildman–Crippen MR) is 116 cm³/mol. The van der Waals surface area contributed by atoms with Crippen LogP contribution in [-0.2, 0) is 19.2 Å². The number of anilines is 2. The number of carboxylic acid groups (broad SMARTS) is 1. The molecule has 1 aliphatic rings. The standard InChI is InChI=1S/C22H20N2O6S/c1-2-30-16-8-6-15(7-9-16)24-20(26)13-18(22(24)29)31-17-5-3-4-14(12-17)23-19(25)10-11-21(27)28/h3-12,18H,2,13H2,1H3,(H,23,25)(H,27,28)/b11-10+/t18-/m1/s1. The Morgan fingerprint density at radius 1 is 1.19 bits per heavy atom. The van der Waals surface area contributed by atoms with E-state index in [4.69, 9.17) is 9.84 Å². The zero-order valence-electron chi connectivity index (χ0n) is 16.6. The van der Waals surface area contributed by atoms with Gasteiger partial charge in [0.05, 0.1) is 17.5 Å². The first-order valence-corrected chi connectivity index (χ1v) is 10.3. The first kappa shape index (κ1) is 22.1. The first-order valence-electron chi connectivity index (χ1n) is 9.45. The number of thioether (sulfide) groups is 1. The monoisotopic (exact) mass is 440 g/mol. The van der Waals surface area contributed by atoms with Gasteiger partial charge in [0, 0.05) is 29.2 Å². The van der Waals surface area contributed by atoms with Crippen LogP contribution >= 0.6 is 11.8 Å². The summed E-state index contributed by atoms with van der Waals surface area (Å²) in [5.74, 6) is -1.74. The summed E-state index contributed by atoms with van der Waals surface area (Å²) in [7, 11) is 0. The van der Waals surface area contributed by atoms with Gasteiger partial charge in [0.2, 0.25) is 17.7 Å². The third-order valence-corrected chi connectivity index (χ3v) is 5.45. The van der Waals surface area contributed by atoms with E-state index in [2.05, 4.69) is 5.32 Å². The lowest BCUT2D eigenvalue weighted by atomic mass is 10.3. The van der Waals surface area contributed by atoms with Crippen LogP contribution in [0.15, 0.2) is 65.6 Å². The molecule has 160 valence electrons. The quantitative estimate of drug-likeness (QED) is 0.479. The number of nitrogens with zero attached hydrogens (tertiary/aromatic N) is 1. The Morgan fingerprint density at radius 2 is 1.94 bits per heavy atom. The third-order valence-electron chi connectivity index (χ3n) is 4.27. The maximum Gasteiger partial charge on any atom is 0.328 e. The number of imide groups is 1. The lowest BCUT2D eigenvalue weighted by Gasteiger charge is -2.15. The largest absolute Gasteiger partial charge is 0.494 e. The van der Waals surface area contributed by atoms with Gasteiger partial charge in [-0.2, -0.15) is 0 Å². The number of aliphatic carboxylic acids is 1. The van der Waals surface area contributed by atoms with Gasteiger partial charge >= 0.3 is 5.97 Å². The second kappa shape index (κ2) is 9.94. The van der Waals surface area contributed by atoms with Crippen LogP contribution in [0.4, 0.5) is 11.4 Å². The maximum atomic E-state index is 12.9. The average Bonchev–Trinajstić information content (AvgIpc) is 3.00. The summed E-state index contributed by atoms with van der Waals surface area (Å²) >= 11 is 1.23. The molecule has 9 heteroatoms. The van der Waals surface area contributed by atoms with Crippen molar-refractivity contribution in [2.24, 2.45) is 0 Å². The fraction of sp³-hybridized carbons (Fsp3) is 0.182.